The van der Waals surface area contributed by atoms with Crippen LogP contribution in [0, 0.1) is 0 Å². The third-order valence-electron chi connectivity index (χ3n) is 3.72. The maximum atomic E-state index is 8.77. The second-order valence-electron chi connectivity index (χ2n) is 5.07. The van der Waals surface area contributed by atoms with Crippen molar-refractivity contribution in [1.82, 2.24) is 0 Å². The Labute approximate surface area is 98.1 Å². The van der Waals surface area contributed by atoms with E-state index in [-0.39, 0.29) is 5.79 Å². The van der Waals surface area contributed by atoms with E-state index in [1.165, 1.54) is 19.3 Å². The molecule has 0 aromatic carbocycles. The highest BCUT2D eigenvalue weighted by molar-refractivity contribution is 4.81. The van der Waals surface area contributed by atoms with Crippen molar-refractivity contribution in [3.63, 3.8) is 0 Å². The summed E-state index contributed by atoms with van der Waals surface area (Å²) in [6, 6.07) is 0. The Morgan fingerprint density at radius 1 is 1.12 bits per heavy atom. The van der Waals surface area contributed by atoms with Gasteiger partial charge in [-0.3, -0.25) is 0 Å². The van der Waals surface area contributed by atoms with Gasteiger partial charge in [0.15, 0.2) is 5.79 Å². The second-order valence-corrected chi connectivity index (χ2v) is 5.07. The van der Waals surface area contributed by atoms with Crippen LogP contribution in [-0.4, -0.2) is 30.2 Å². The summed E-state index contributed by atoms with van der Waals surface area (Å²) in [6.07, 6.45) is 10.4. The van der Waals surface area contributed by atoms with Gasteiger partial charge in [0, 0.05) is 19.4 Å². The van der Waals surface area contributed by atoms with Gasteiger partial charge in [-0.05, 0) is 44.9 Å². The lowest BCUT2D eigenvalue weighted by atomic mass is 9.93. The first-order valence-electron chi connectivity index (χ1n) is 6.77. The van der Waals surface area contributed by atoms with Gasteiger partial charge in [-0.1, -0.05) is 0 Å². The van der Waals surface area contributed by atoms with Crippen molar-refractivity contribution >= 4 is 0 Å². The van der Waals surface area contributed by atoms with Crippen LogP contribution in [0.2, 0.25) is 0 Å². The van der Waals surface area contributed by atoms with Crippen molar-refractivity contribution in [2.24, 2.45) is 0 Å². The predicted octanol–water partition coefficient (Wildman–Crippen LogP) is 2.61. The van der Waals surface area contributed by atoms with E-state index in [0.29, 0.717) is 12.7 Å². The minimum absolute atomic E-state index is 0.236. The summed E-state index contributed by atoms with van der Waals surface area (Å²) >= 11 is 0. The van der Waals surface area contributed by atoms with Gasteiger partial charge in [0.1, 0.15) is 0 Å². The topological polar surface area (TPSA) is 38.7 Å². The minimum atomic E-state index is -0.236. The maximum Gasteiger partial charge on any atom is 0.168 e. The van der Waals surface area contributed by atoms with Crippen LogP contribution < -0.4 is 0 Å². The summed E-state index contributed by atoms with van der Waals surface area (Å²) in [5, 5.41) is 8.77. The quantitative estimate of drug-likeness (QED) is 0.752. The molecule has 1 N–H and O–H groups in total. The number of aliphatic hydroxyl groups excluding tert-OH is 1. The van der Waals surface area contributed by atoms with Crippen molar-refractivity contribution in [2.75, 3.05) is 13.2 Å². The Kier molecular flexibility index (Phi) is 4.62. The van der Waals surface area contributed by atoms with E-state index in [1.807, 2.05) is 0 Å². The van der Waals surface area contributed by atoms with Gasteiger partial charge < -0.3 is 14.6 Å². The summed E-state index contributed by atoms with van der Waals surface area (Å²) in [6.45, 7) is 1.16. The standard InChI is InChI=1S/C13H24O3/c14-10-3-1-6-12-7-5-9-13(16-12)8-2-4-11-15-13/h12,14H,1-11H2. The lowest BCUT2D eigenvalue weighted by Gasteiger charge is -2.43. The van der Waals surface area contributed by atoms with Gasteiger partial charge in [-0.15, -0.1) is 0 Å². The van der Waals surface area contributed by atoms with Gasteiger partial charge in [-0.2, -0.15) is 0 Å². The van der Waals surface area contributed by atoms with Crippen molar-refractivity contribution in [3.8, 4) is 0 Å². The van der Waals surface area contributed by atoms with Crippen LogP contribution in [0.4, 0.5) is 0 Å². The summed E-state index contributed by atoms with van der Waals surface area (Å²) < 4.78 is 12.0. The number of unbranched alkanes of at least 4 members (excludes halogenated alkanes) is 1. The maximum absolute atomic E-state index is 8.77. The highest BCUT2D eigenvalue weighted by Gasteiger charge is 2.39. The van der Waals surface area contributed by atoms with E-state index >= 15 is 0 Å². The minimum Gasteiger partial charge on any atom is -0.396 e. The molecular formula is C13H24O3. The molecule has 0 bridgehead atoms. The fourth-order valence-electron chi connectivity index (χ4n) is 2.82. The molecule has 2 heterocycles. The van der Waals surface area contributed by atoms with Gasteiger partial charge >= 0.3 is 0 Å². The monoisotopic (exact) mass is 228 g/mol. The van der Waals surface area contributed by atoms with Gasteiger partial charge in [0.2, 0.25) is 0 Å². The summed E-state index contributed by atoms with van der Waals surface area (Å²) in [5.74, 6) is -0.236. The molecule has 3 nitrogen and oxygen atoms in total. The Balaban J connectivity index is 1.78. The lowest BCUT2D eigenvalue weighted by molar-refractivity contribution is -0.295. The van der Waals surface area contributed by atoms with Crippen molar-refractivity contribution in [2.45, 2.75) is 69.7 Å². The Hall–Kier alpha value is -0.120. The van der Waals surface area contributed by atoms with Crippen LogP contribution in [0.3, 0.4) is 0 Å². The van der Waals surface area contributed by atoms with E-state index in [9.17, 15) is 0 Å². The number of ether oxygens (including phenoxy) is 2. The van der Waals surface area contributed by atoms with Crippen LogP contribution in [-0.2, 0) is 9.47 Å². The van der Waals surface area contributed by atoms with Gasteiger partial charge in [-0.25, -0.2) is 0 Å². The first-order valence-corrected chi connectivity index (χ1v) is 6.77. The molecule has 0 aliphatic carbocycles. The highest BCUT2D eigenvalue weighted by atomic mass is 16.7. The third kappa shape index (κ3) is 3.19. The smallest absolute Gasteiger partial charge is 0.168 e. The van der Waals surface area contributed by atoms with Crippen molar-refractivity contribution < 1.29 is 14.6 Å². The van der Waals surface area contributed by atoms with Crippen LogP contribution in [0.25, 0.3) is 0 Å². The van der Waals surface area contributed by atoms with Crippen LogP contribution in [0.5, 0.6) is 0 Å². The molecule has 0 aromatic rings. The van der Waals surface area contributed by atoms with Crippen LogP contribution >= 0.6 is 0 Å². The fourth-order valence-corrected chi connectivity index (χ4v) is 2.82. The number of aliphatic hydroxyl groups is 1. The number of hydrogen-bond donors (Lipinski definition) is 1. The molecule has 2 saturated heterocycles. The fraction of sp³-hybridized carbons (Fsp3) is 1.00. The van der Waals surface area contributed by atoms with Gasteiger partial charge in [0.25, 0.3) is 0 Å². The number of hydrogen-bond acceptors (Lipinski definition) is 3. The molecule has 0 aromatic heterocycles. The highest BCUT2D eigenvalue weighted by Crippen LogP contribution is 2.38. The SMILES string of the molecule is OCCCCC1CCCC2(CCCCO2)O1. The first kappa shape index (κ1) is 12.3. The molecular weight excluding hydrogens is 204 g/mol. The average molecular weight is 228 g/mol. The second kappa shape index (κ2) is 5.99. The van der Waals surface area contributed by atoms with E-state index < -0.39 is 0 Å². The molecule has 0 saturated carbocycles. The predicted molar refractivity (Wildman–Crippen MR) is 62.2 cm³/mol. The molecule has 16 heavy (non-hydrogen) atoms. The molecule has 2 rings (SSSR count). The summed E-state index contributed by atoms with van der Waals surface area (Å²) in [5.41, 5.74) is 0. The molecule has 3 heteroatoms. The molecule has 94 valence electrons. The number of rotatable bonds is 4. The summed E-state index contributed by atoms with van der Waals surface area (Å²) in [7, 11) is 0. The molecule has 2 unspecified atom stereocenters. The Bertz CT molecular complexity index is 194. The van der Waals surface area contributed by atoms with E-state index in [4.69, 9.17) is 14.6 Å². The zero-order valence-electron chi connectivity index (χ0n) is 10.1. The first-order chi connectivity index (χ1) is 7.85. The molecule has 2 aliphatic heterocycles. The van der Waals surface area contributed by atoms with E-state index in [0.717, 1.165) is 45.1 Å². The zero-order valence-corrected chi connectivity index (χ0v) is 10.1. The third-order valence-corrected chi connectivity index (χ3v) is 3.72. The lowest BCUT2D eigenvalue weighted by Crippen LogP contribution is -2.45. The normalized spacial score (nSPS) is 35.4. The van der Waals surface area contributed by atoms with E-state index in [1.54, 1.807) is 0 Å². The van der Waals surface area contributed by atoms with E-state index in [2.05, 4.69) is 0 Å². The molecule has 0 amide bonds. The largest absolute Gasteiger partial charge is 0.396 e. The summed E-state index contributed by atoms with van der Waals surface area (Å²) in [4.78, 5) is 0. The van der Waals surface area contributed by atoms with Crippen LogP contribution in [0.15, 0.2) is 0 Å². The van der Waals surface area contributed by atoms with Crippen LogP contribution in [0.1, 0.15) is 57.8 Å². The molecule has 2 atom stereocenters. The van der Waals surface area contributed by atoms with Crippen molar-refractivity contribution in [1.29, 1.82) is 0 Å². The molecule has 2 aliphatic rings. The van der Waals surface area contributed by atoms with Gasteiger partial charge in [0.05, 0.1) is 12.7 Å². The average Bonchev–Trinajstić information content (AvgIpc) is 2.31. The Morgan fingerprint density at radius 2 is 2.00 bits per heavy atom. The molecule has 1 spiro atoms. The van der Waals surface area contributed by atoms with Crippen molar-refractivity contribution in [3.05, 3.63) is 0 Å². The molecule has 0 radical (unpaired) electrons. The molecule has 2 fully saturated rings. The Morgan fingerprint density at radius 3 is 2.75 bits per heavy atom. The zero-order chi connectivity index (χ0) is 11.3.